The molecule has 1 atom stereocenters. The minimum atomic E-state index is 0.639. The predicted molar refractivity (Wildman–Crippen MR) is 53.5 cm³/mol. The molecule has 0 spiro atoms. The van der Waals surface area contributed by atoms with Gasteiger partial charge in [0.15, 0.2) is 0 Å². The summed E-state index contributed by atoms with van der Waals surface area (Å²) >= 11 is 0. The van der Waals surface area contributed by atoms with Gasteiger partial charge in [-0.05, 0) is 32.7 Å². The molecular weight excluding hydrogens is 150 g/mol. The molecule has 0 heterocycles. The Balaban J connectivity index is 2.97. The summed E-state index contributed by atoms with van der Waals surface area (Å²) in [6.07, 6.45) is 3.52. The number of hydrogen-bond donors (Lipinski definition) is 1. The van der Waals surface area contributed by atoms with E-state index in [2.05, 4.69) is 26.1 Å². The maximum absolute atomic E-state index is 5.38. The van der Waals surface area contributed by atoms with Gasteiger partial charge in [0.05, 0.1) is 0 Å². The maximum atomic E-state index is 5.38. The van der Waals surface area contributed by atoms with Crippen LogP contribution in [0.4, 0.5) is 0 Å². The van der Waals surface area contributed by atoms with Gasteiger partial charge in [-0.25, -0.2) is 0 Å². The first-order valence-corrected chi connectivity index (χ1v) is 5.12. The van der Waals surface area contributed by atoms with Crippen molar-refractivity contribution >= 4 is 0 Å². The summed E-state index contributed by atoms with van der Waals surface area (Å²) in [5.41, 5.74) is 0. The van der Waals surface area contributed by atoms with Crippen molar-refractivity contribution in [2.75, 3.05) is 19.8 Å². The monoisotopic (exact) mass is 173 g/mol. The standard InChI is InChI=1S/C10H23NO/c1-4-8-12-9-6-7-10(3)11-5-2/h10-11H,4-9H2,1-3H3. The van der Waals surface area contributed by atoms with Crippen molar-refractivity contribution in [2.45, 2.75) is 46.1 Å². The average Bonchev–Trinajstić information content (AvgIpc) is 2.05. The number of hydrogen-bond acceptors (Lipinski definition) is 2. The average molecular weight is 173 g/mol. The fraction of sp³-hybridized carbons (Fsp3) is 1.00. The van der Waals surface area contributed by atoms with Crippen molar-refractivity contribution in [3.05, 3.63) is 0 Å². The van der Waals surface area contributed by atoms with Gasteiger partial charge >= 0.3 is 0 Å². The lowest BCUT2D eigenvalue weighted by molar-refractivity contribution is 0.129. The van der Waals surface area contributed by atoms with Crippen LogP contribution >= 0.6 is 0 Å². The van der Waals surface area contributed by atoms with E-state index < -0.39 is 0 Å². The highest BCUT2D eigenvalue weighted by atomic mass is 16.5. The molecule has 0 amide bonds. The lowest BCUT2D eigenvalue weighted by Gasteiger charge is -2.11. The van der Waals surface area contributed by atoms with E-state index in [0.29, 0.717) is 6.04 Å². The molecule has 0 aromatic rings. The maximum Gasteiger partial charge on any atom is 0.0466 e. The van der Waals surface area contributed by atoms with Gasteiger partial charge in [0.2, 0.25) is 0 Å². The Kier molecular flexibility index (Phi) is 8.95. The van der Waals surface area contributed by atoms with Crippen LogP contribution in [0, 0.1) is 0 Å². The first-order valence-electron chi connectivity index (χ1n) is 5.12. The van der Waals surface area contributed by atoms with Crippen LogP contribution in [0.2, 0.25) is 0 Å². The van der Waals surface area contributed by atoms with Gasteiger partial charge < -0.3 is 10.1 Å². The van der Waals surface area contributed by atoms with Crippen molar-refractivity contribution < 1.29 is 4.74 Å². The fourth-order valence-electron chi connectivity index (χ4n) is 1.19. The number of rotatable bonds is 8. The first-order chi connectivity index (χ1) is 5.81. The highest BCUT2D eigenvalue weighted by molar-refractivity contribution is 4.57. The Morgan fingerprint density at radius 2 is 2.00 bits per heavy atom. The van der Waals surface area contributed by atoms with Crippen molar-refractivity contribution in [1.29, 1.82) is 0 Å². The second-order valence-electron chi connectivity index (χ2n) is 3.21. The Labute approximate surface area is 76.7 Å². The van der Waals surface area contributed by atoms with Crippen LogP contribution in [0.5, 0.6) is 0 Å². The normalized spacial score (nSPS) is 13.2. The topological polar surface area (TPSA) is 21.3 Å². The molecule has 0 aromatic carbocycles. The zero-order valence-electron chi connectivity index (χ0n) is 8.73. The molecule has 0 aliphatic carbocycles. The molecule has 0 aliphatic rings. The zero-order chi connectivity index (χ0) is 9.23. The van der Waals surface area contributed by atoms with Crippen molar-refractivity contribution in [3.63, 3.8) is 0 Å². The summed E-state index contributed by atoms with van der Waals surface area (Å²) in [6.45, 7) is 9.41. The Bertz CT molecular complexity index is 85.9. The van der Waals surface area contributed by atoms with Crippen molar-refractivity contribution in [1.82, 2.24) is 5.32 Å². The predicted octanol–water partition coefficient (Wildman–Crippen LogP) is 2.19. The van der Waals surface area contributed by atoms with Crippen molar-refractivity contribution in [3.8, 4) is 0 Å². The summed E-state index contributed by atoms with van der Waals surface area (Å²) in [4.78, 5) is 0. The van der Waals surface area contributed by atoms with E-state index in [1.807, 2.05) is 0 Å². The lowest BCUT2D eigenvalue weighted by atomic mass is 10.2. The third kappa shape index (κ3) is 8.02. The molecule has 1 N–H and O–H groups in total. The van der Waals surface area contributed by atoms with E-state index in [1.165, 1.54) is 12.8 Å². The van der Waals surface area contributed by atoms with Crippen LogP contribution in [0.1, 0.15) is 40.0 Å². The summed E-state index contributed by atoms with van der Waals surface area (Å²) < 4.78 is 5.38. The van der Waals surface area contributed by atoms with E-state index in [4.69, 9.17) is 4.74 Å². The van der Waals surface area contributed by atoms with Crippen molar-refractivity contribution in [2.24, 2.45) is 0 Å². The molecule has 0 radical (unpaired) electrons. The summed E-state index contributed by atoms with van der Waals surface area (Å²) in [7, 11) is 0. The van der Waals surface area contributed by atoms with Crippen LogP contribution in [0.3, 0.4) is 0 Å². The molecule has 0 saturated carbocycles. The molecule has 2 heteroatoms. The van der Waals surface area contributed by atoms with Gasteiger partial charge in [0.25, 0.3) is 0 Å². The summed E-state index contributed by atoms with van der Waals surface area (Å²) in [6, 6.07) is 0.639. The molecule has 0 saturated heterocycles. The Morgan fingerprint density at radius 1 is 1.25 bits per heavy atom. The zero-order valence-corrected chi connectivity index (χ0v) is 8.73. The largest absolute Gasteiger partial charge is 0.381 e. The molecule has 1 unspecified atom stereocenters. The molecule has 2 nitrogen and oxygen atoms in total. The van der Waals surface area contributed by atoms with Gasteiger partial charge in [-0.2, -0.15) is 0 Å². The van der Waals surface area contributed by atoms with E-state index in [1.54, 1.807) is 0 Å². The minimum absolute atomic E-state index is 0.639. The van der Waals surface area contributed by atoms with Gasteiger partial charge in [-0.3, -0.25) is 0 Å². The van der Waals surface area contributed by atoms with Gasteiger partial charge in [-0.1, -0.05) is 13.8 Å². The Hall–Kier alpha value is -0.0800. The van der Waals surface area contributed by atoms with Crippen LogP contribution < -0.4 is 5.32 Å². The summed E-state index contributed by atoms with van der Waals surface area (Å²) in [5, 5.41) is 3.38. The fourth-order valence-corrected chi connectivity index (χ4v) is 1.19. The van der Waals surface area contributed by atoms with E-state index in [0.717, 1.165) is 26.2 Å². The number of ether oxygens (including phenoxy) is 1. The SMILES string of the molecule is CCCOCCCC(C)NCC. The summed E-state index contributed by atoms with van der Waals surface area (Å²) in [5.74, 6) is 0. The Morgan fingerprint density at radius 3 is 2.58 bits per heavy atom. The minimum Gasteiger partial charge on any atom is -0.381 e. The van der Waals surface area contributed by atoms with Crippen LogP contribution in [-0.4, -0.2) is 25.8 Å². The molecule has 12 heavy (non-hydrogen) atoms. The quantitative estimate of drug-likeness (QED) is 0.568. The first kappa shape index (κ1) is 11.9. The van der Waals surface area contributed by atoms with Gasteiger partial charge in [-0.15, -0.1) is 0 Å². The van der Waals surface area contributed by atoms with E-state index in [9.17, 15) is 0 Å². The van der Waals surface area contributed by atoms with Crippen LogP contribution in [0.25, 0.3) is 0 Å². The second kappa shape index (κ2) is 9.01. The van der Waals surface area contributed by atoms with Crippen LogP contribution in [-0.2, 0) is 4.74 Å². The molecule has 74 valence electrons. The smallest absolute Gasteiger partial charge is 0.0466 e. The molecule has 0 aromatic heterocycles. The van der Waals surface area contributed by atoms with E-state index in [-0.39, 0.29) is 0 Å². The van der Waals surface area contributed by atoms with Gasteiger partial charge in [0.1, 0.15) is 0 Å². The lowest BCUT2D eigenvalue weighted by Crippen LogP contribution is -2.25. The molecule has 0 rings (SSSR count). The highest BCUT2D eigenvalue weighted by Gasteiger charge is 1.97. The molecule has 0 aliphatic heterocycles. The third-order valence-corrected chi connectivity index (χ3v) is 1.83. The molecular formula is C10H23NO. The molecule has 0 fully saturated rings. The number of nitrogens with one attached hydrogen (secondary N) is 1. The highest BCUT2D eigenvalue weighted by Crippen LogP contribution is 1.96. The second-order valence-corrected chi connectivity index (χ2v) is 3.21. The molecule has 0 bridgehead atoms. The third-order valence-electron chi connectivity index (χ3n) is 1.83. The van der Waals surface area contributed by atoms with Crippen LogP contribution in [0.15, 0.2) is 0 Å². The van der Waals surface area contributed by atoms with Gasteiger partial charge in [0, 0.05) is 19.3 Å². The van der Waals surface area contributed by atoms with E-state index >= 15 is 0 Å².